The monoisotopic (exact) mass is 402 g/mol. The van der Waals surface area contributed by atoms with Crippen LogP contribution in [0, 0.1) is 0 Å². The minimum absolute atomic E-state index is 0.387. The molecule has 0 saturated carbocycles. The highest BCUT2D eigenvalue weighted by molar-refractivity contribution is 6.89. The quantitative estimate of drug-likeness (QED) is 0.729. The van der Waals surface area contributed by atoms with Crippen molar-refractivity contribution >= 4 is 38.4 Å². The molecule has 2 saturated heterocycles. The van der Waals surface area contributed by atoms with Crippen molar-refractivity contribution in [1.29, 1.82) is 0 Å². The van der Waals surface area contributed by atoms with Crippen molar-refractivity contribution in [3.8, 4) is 0 Å². The zero-order chi connectivity index (χ0) is 21.3. The van der Waals surface area contributed by atoms with E-state index in [-0.39, 0.29) is 22.4 Å². The standard InChI is InChI=1S/C21H36B2O4Si/c1-18(2)19(3,4)25-22(24-18)16-13-12-15(28(9,10)11)14-17(16)23-26-20(5,6)21(7,8)27-23/h12-14H,1-11H3. The van der Waals surface area contributed by atoms with Gasteiger partial charge in [0.1, 0.15) is 0 Å². The maximum atomic E-state index is 6.40. The third-order valence-electron chi connectivity index (χ3n) is 6.97. The van der Waals surface area contributed by atoms with Crippen molar-refractivity contribution in [2.24, 2.45) is 0 Å². The zero-order valence-corrected chi connectivity index (χ0v) is 20.5. The van der Waals surface area contributed by atoms with Gasteiger partial charge >= 0.3 is 14.2 Å². The van der Waals surface area contributed by atoms with E-state index in [1.54, 1.807) is 0 Å². The molecular formula is C21H36B2O4Si. The lowest BCUT2D eigenvalue weighted by atomic mass is 9.65. The van der Waals surface area contributed by atoms with Crippen LogP contribution in [0.2, 0.25) is 19.6 Å². The molecule has 0 N–H and O–H groups in total. The minimum atomic E-state index is -1.50. The summed E-state index contributed by atoms with van der Waals surface area (Å²) in [7, 11) is -2.37. The van der Waals surface area contributed by atoms with Crippen LogP contribution in [-0.2, 0) is 18.6 Å². The van der Waals surface area contributed by atoms with Crippen molar-refractivity contribution < 1.29 is 18.6 Å². The molecule has 2 heterocycles. The van der Waals surface area contributed by atoms with Crippen molar-refractivity contribution in [3.05, 3.63) is 18.2 Å². The maximum absolute atomic E-state index is 6.40. The molecular weight excluding hydrogens is 366 g/mol. The van der Waals surface area contributed by atoms with Crippen molar-refractivity contribution in [3.63, 3.8) is 0 Å². The summed E-state index contributed by atoms with van der Waals surface area (Å²) < 4.78 is 25.5. The van der Waals surface area contributed by atoms with Crippen LogP contribution in [-0.4, -0.2) is 44.7 Å². The van der Waals surface area contributed by atoms with E-state index in [0.29, 0.717) is 0 Å². The maximum Gasteiger partial charge on any atom is 0.494 e. The van der Waals surface area contributed by atoms with Gasteiger partial charge in [0.2, 0.25) is 0 Å². The van der Waals surface area contributed by atoms with Gasteiger partial charge in [-0.1, -0.05) is 43.0 Å². The molecule has 0 aromatic heterocycles. The average molecular weight is 402 g/mol. The summed E-state index contributed by atoms with van der Waals surface area (Å²) in [4.78, 5) is 0. The van der Waals surface area contributed by atoms with Crippen molar-refractivity contribution in [2.45, 2.75) is 97.4 Å². The van der Waals surface area contributed by atoms with Crippen LogP contribution in [0.1, 0.15) is 55.4 Å². The molecule has 1 aromatic carbocycles. The Bertz CT molecular complexity index is 736. The molecule has 7 heteroatoms. The van der Waals surface area contributed by atoms with Gasteiger partial charge < -0.3 is 18.6 Å². The van der Waals surface area contributed by atoms with E-state index in [1.165, 1.54) is 5.19 Å². The predicted octanol–water partition coefficient (Wildman–Crippen LogP) is 2.83. The van der Waals surface area contributed by atoms with Gasteiger partial charge in [-0.05, 0) is 66.3 Å². The average Bonchev–Trinajstić information content (AvgIpc) is 2.85. The SMILES string of the molecule is CC1(C)OB(c2ccc([Si](C)(C)C)cc2B2OC(C)(C)C(C)(C)O2)OC1(C)C. The molecule has 0 bridgehead atoms. The molecule has 0 spiro atoms. The Morgan fingerprint density at radius 1 is 0.607 bits per heavy atom. The van der Waals surface area contributed by atoms with Gasteiger partial charge in [-0.25, -0.2) is 0 Å². The van der Waals surface area contributed by atoms with Gasteiger partial charge in [-0.2, -0.15) is 0 Å². The van der Waals surface area contributed by atoms with Crippen LogP contribution in [0.25, 0.3) is 0 Å². The molecule has 0 amide bonds. The number of hydrogen-bond donors (Lipinski definition) is 0. The van der Waals surface area contributed by atoms with Crippen molar-refractivity contribution in [1.82, 2.24) is 0 Å². The van der Waals surface area contributed by atoms with Crippen LogP contribution < -0.4 is 16.1 Å². The summed E-state index contributed by atoms with van der Waals surface area (Å²) in [5, 5.41) is 1.37. The van der Waals surface area contributed by atoms with E-state index in [0.717, 1.165) is 10.9 Å². The molecule has 4 nitrogen and oxygen atoms in total. The Morgan fingerprint density at radius 3 is 1.32 bits per heavy atom. The normalized spacial score (nSPS) is 25.4. The van der Waals surface area contributed by atoms with E-state index in [1.807, 2.05) is 0 Å². The van der Waals surface area contributed by atoms with Gasteiger partial charge in [0, 0.05) is 0 Å². The predicted molar refractivity (Wildman–Crippen MR) is 121 cm³/mol. The summed E-state index contributed by atoms with van der Waals surface area (Å²) in [5.74, 6) is 0. The van der Waals surface area contributed by atoms with Gasteiger partial charge in [-0.15, -0.1) is 0 Å². The second kappa shape index (κ2) is 6.45. The van der Waals surface area contributed by atoms with E-state index in [2.05, 4.69) is 93.2 Å². The van der Waals surface area contributed by atoms with E-state index in [9.17, 15) is 0 Å². The van der Waals surface area contributed by atoms with E-state index >= 15 is 0 Å². The molecule has 2 fully saturated rings. The lowest BCUT2D eigenvalue weighted by Gasteiger charge is -2.32. The van der Waals surface area contributed by atoms with E-state index < -0.39 is 22.3 Å². The first-order chi connectivity index (χ1) is 12.5. The van der Waals surface area contributed by atoms with Crippen LogP contribution in [0.3, 0.4) is 0 Å². The summed E-state index contributed by atoms with van der Waals surface area (Å²) in [6, 6.07) is 6.63. The van der Waals surface area contributed by atoms with Gasteiger partial charge in [0.15, 0.2) is 0 Å². The molecule has 0 atom stereocenters. The summed E-state index contributed by atoms with van der Waals surface area (Å²) in [6.07, 6.45) is 0. The Kier molecular flexibility index (Phi) is 5.09. The fraction of sp³-hybridized carbons (Fsp3) is 0.714. The third-order valence-corrected chi connectivity index (χ3v) is 9.01. The molecule has 154 valence electrons. The van der Waals surface area contributed by atoms with Gasteiger partial charge in [0.05, 0.1) is 30.5 Å². The Morgan fingerprint density at radius 2 is 0.964 bits per heavy atom. The molecule has 0 aliphatic carbocycles. The van der Waals surface area contributed by atoms with Gasteiger partial charge in [-0.3, -0.25) is 0 Å². The fourth-order valence-corrected chi connectivity index (χ4v) is 4.57. The highest BCUT2D eigenvalue weighted by Crippen LogP contribution is 2.38. The fourth-order valence-electron chi connectivity index (χ4n) is 3.40. The first kappa shape index (κ1) is 22.1. The lowest BCUT2D eigenvalue weighted by Crippen LogP contribution is -2.54. The second-order valence-corrected chi connectivity index (χ2v) is 16.3. The van der Waals surface area contributed by atoms with Crippen molar-refractivity contribution in [2.75, 3.05) is 0 Å². The van der Waals surface area contributed by atoms with Crippen LogP contribution >= 0.6 is 0 Å². The Balaban J connectivity index is 2.07. The molecule has 1 aromatic rings. The smallest absolute Gasteiger partial charge is 0.399 e. The molecule has 2 aliphatic rings. The molecule has 0 unspecified atom stereocenters. The van der Waals surface area contributed by atoms with E-state index in [4.69, 9.17) is 18.6 Å². The molecule has 3 rings (SSSR count). The topological polar surface area (TPSA) is 36.9 Å². The number of benzene rings is 1. The third kappa shape index (κ3) is 3.65. The van der Waals surface area contributed by atoms with Gasteiger partial charge in [0.25, 0.3) is 0 Å². The Labute approximate surface area is 173 Å². The first-order valence-corrected chi connectivity index (χ1v) is 13.8. The number of rotatable bonds is 3. The minimum Gasteiger partial charge on any atom is -0.399 e. The molecule has 2 aliphatic heterocycles. The lowest BCUT2D eigenvalue weighted by molar-refractivity contribution is 0.00578. The first-order valence-electron chi connectivity index (χ1n) is 10.3. The van der Waals surface area contributed by atoms with Crippen LogP contribution in [0.4, 0.5) is 0 Å². The van der Waals surface area contributed by atoms with Crippen LogP contribution in [0.5, 0.6) is 0 Å². The summed E-state index contributed by atoms with van der Waals surface area (Å²) >= 11 is 0. The highest BCUT2D eigenvalue weighted by atomic mass is 28.3. The Hall–Kier alpha value is -0.593. The molecule has 0 radical (unpaired) electrons. The number of hydrogen-bond acceptors (Lipinski definition) is 4. The largest absolute Gasteiger partial charge is 0.494 e. The zero-order valence-electron chi connectivity index (χ0n) is 19.5. The van der Waals surface area contributed by atoms with Crippen LogP contribution in [0.15, 0.2) is 18.2 Å². The highest BCUT2D eigenvalue weighted by Gasteiger charge is 2.56. The summed E-state index contributed by atoms with van der Waals surface area (Å²) in [6.45, 7) is 23.7. The second-order valence-electron chi connectivity index (χ2n) is 11.3. The summed E-state index contributed by atoms with van der Waals surface area (Å²) in [5.41, 5.74) is 0.473. The molecule has 28 heavy (non-hydrogen) atoms.